The number of halogens is 1. The van der Waals surface area contributed by atoms with Crippen molar-refractivity contribution in [2.24, 2.45) is 5.73 Å². The molecule has 0 bridgehead atoms. The molecule has 0 unspecified atom stereocenters. The SMILES string of the molecule is CN(C(=O)c1csc(CN)n1)c1ccc(F)cc1. The number of carbonyl (C=O) groups is 1. The molecule has 0 spiro atoms. The number of anilines is 1. The number of aromatic nitrogens is 1. The molecule has 0 saturated carbocycles. The maximum atomic E-state index is 12.8. The average molecular weight is 265 g/mol. The summed E-state index contributed by atoms with van der Waals surface area (Å²) in [4.78, 5) is 17.6. The Morgan fingerprint density at radius 1 is 1.44 bits per heavy atom. The van der Waals surface area contributed by atoms with Gasteiger partial charge < -0.3 is 10.6 Å². The molecule has 2 N–H and O–H groups in total. The lowest BCUT2D eigenvalue weighted by Crippen LogP contribution is -2.26. The normalized spacial score (nSPS) is 10.4. The molecule has 1 aromatic carbocycles. The largest absolute Gasteiger partial charge is 0.325 e. The first kappa shape index (κ1) is 12.7. The quantitative estimate of drug-likeness (QED) is 0.923. The highest BCUT2D eigenvalue weighted by Crippen LogP contribution is 2.17. The topological polar surface area (TPSA) is 59.2 Å². The Morgan fingerprint density at radius 2 is 2.11 bits per heavy atom. The first-order chi connectivity index (χ1) is 8.61. The van der Waals surface area contributed by atoms with Crippen LogP contribution in [0.1, 0.15) is 15.5 Å². The van der Waals surface area contributed by atoms with Crippen molar-refractivity contribution in [3.8, 4) is 0 Å². The van der Waals surface area contributed by atoms with Crippen molar-refractivity contribution >= 4 is 22.9 Å². The van der Waals surface area contributed by atoms with Crippen molar-refractivity contribution < 1.29 is 9.18 Å². The van der Waals surface area contributed by atoms with Gasteiger partial charge in [0.1, 0.15) is 16.5 Å². The molecule has 0 aliphatic rings. The number of nitrogens with zero attached hydrogens (tertiary/aromatic N) is 2. The van der Waals surface area contributed by atoms with Gasteiger partial charge in [0.15, 0.2) is 0 Å². The minimum absolute atomic E-state index is 0.238. The Kier molecular flexibility index (Phi) is 3.69. The zero-order valence-electron chi connectivity index (χ0n) is 9.76. The zero-order valence-corrected chi connectivity index (χ0v) is 10.6. The van der Waals surface area contributed by atoms with Gasteiger partial charge in [-0.15, -0.1) is 11.3 Å². The molecule has 2 rings (SSSR count). The molecule has 0 atom stereocenters. The fourth-order valence-corrected chi connectivity index (χ4v) is 2.11. The number of hydrogen-bond donors (Lipinski definition) is 1. The molecule has 1 amide bonds. The zero-order chi connectivity index (χ0) is 13.1. The van der Waals surface area contributed by atoms with Crippen LogP contribution in [0.15, 0.2) is 29.6 Å². The molecule has 0 fully saturated rings. The maximum Gasteiger partial charge on any atom is 0.277 e. The van der Waals surface area contributed by atoms with Crippen LogP contribution in [0, 0.1) is 5.82 Å². The minimum atomic E-state index is -0.335. The van der Waals surface area contributed by atoms with Gasteiger partial charge in [-0.1, -0.05) is 0 Å². The number of benzene rings is 1. The van der Waals surface area contributed by atoms with Crippen LogP contribution in [-0.2, 0) is 6.54 Å². The summed E-state index contributed by atoms with van der Waals surface area (Å²) in [5, 5.41) is 2.38. The Balaban J connectivity index is 2.20. The number of amides is 1. The van der Waals surface area contributed by atoms with E-state index in [-0.39, 0.29) is 11.7 Å². The van der Waals surface area contributed by atoms with Gasteiger partial charge in [-0.05, 0) is 24.3 Å². The van der Waals surface area contributed by atoms with Crippen molar-refractivity contribution in [3.63, 3.8) is 0 Å². The summed E-state index contributed by atoms with van der Waals surface area (Å²) in [7, 11) is 1.62. The highest BCUT2D eigenvalue weighted by molar-refractivity contribution is 7.09. The van der Waals surface area contributed by atoms with E-state index in [1.165, 1.54) is 28.4 Å². The fourth-order valence-electron chi connectivity index (χ4n) is 1.46. The monoisotopic (exact) mass is 265 g/mol. The lowest BCUT2D eigenvalue weighted by atomic mass is 10.3. The van der Waals surface area contributed by atoms with Crippen LogP contribution < -0.4 is 10.6 Å². The molecule has 0 aliphatic heterocycles. The molecule has 94 valence electrons. The molecular weight excluding hydrogens is 253 g/mol. The van der Waals surface area contributed by atoms with E-state index in [1.807, 2.05) is 0 Å². The van der Waals surface area contributed by atoms with Gasteiger partial charge in [-0.25, -0.2) is 9.37 Å². The Morgan fingerprint density at radius 3 is 2.67 bits per heavy atom. The van der Waals surface area contributed by atoms with E-state index in [1.54, 1.807) is 24.6 Å². The van der Waals surface area contributed by atoms with E-state index in [0.29, 0.717) is 22.9 Å². The molecule has 18 heavy (non-hydrogen) atoms. The van der Waals surface area contributed by atoms with Crippen LogP contribution in [-0.4, -0.2) is 17.9 Å². The fraction of sp³-hybridized carbons (Fsp3) is 0.167. The smallest absolute Gasteiger partial charge is 0.277 e. The molecule has 0 radical (unpaired) electrons. The van der Waals surface area contributed by atoms with Crippen LogP contribution in [0.5, 0.6) is 0 Å². The Hall–Kier alpha value is -1.79. The van der Waals surface area contributed by atoms with E-state index in [2.05, 4.69) is 4.98 Å². The number of nitrogens with two attached hydrogens (primary N) is 1. The van der Waals surface area contributed by atoms with E-state index >= 15 is 0 Å². The molecular formula is C12H12FN3OS. The molecule has 1 heterocycles. The molecule has 4 nitrogen and oxygen atoms in total. The number of thiazole rings is 1. The summed E-state index contributed by atoms with van der Waals surface area (Å²) in [5.74, 6) is -0.573. The van der Waals surface area contributed by atoms with Crippen LogP contribution >= 0.6 is 11.3 Å². The number of carbonyl (C=O) groups excluding carboxylic acids is 1. The third kappa shape index (κ3) is 2.55. The van der Waals surface area contributed by atoms with Gasteiger partial charge in [-0.2, -0.15) is 0 Å². The van der Waals surface area contributed by atoms with Crippen LogP contribution in [0.4, 0.5) is 10.1 Å². The van der Waals surface area contributed by atoms with Crippen LogP contribution in [0.2, 0.25) is 0 Å². The van der Waals surface area contributed by atoms with Gasteiger partial charge >= 0.3 is 0 Å². The lowest BCUT2D eigenvalue weighted by Gasteiger charge is -2.15. The van der Waals surface area contributed by atoms with Crippen molar-refractivity contribution in [2.75, 3.05) is 11.9 Å². The van der Waals surface area contributed by atoms with E-state index in [9.17, 15) is 9.18 Å². The molecule has 0 aliphatic carbocycles. The van der Waals surface area contributed by atoms with E-state index in [4.69, 9.17) is 5.73 Å². The first-order valence-electron chi connectivity index (χ1n) is 5.30. The summed E-state index contributed by atoms with van der Waals surface area (Å²) in [5.41, 5.74) is 6.42. The summed E-state index contributed by atoms with van der Waals surface area (Å²) >= 11 is 1.35. The van der Waals surface area contributed by atoms with Gasteiger partial charge in [0.25, 0.3) is 5.91 Å². The summed E-state index contributed by atoms with van der Waals surface area (Å²) in [6, 6.07) is 5.71. The van der Waals surface area contributed by atoms with Crippen molar-refractivity contribution in [3.05, 3.63) is 46.2 Å². The molecule has 1 aromatic heterocycles. The van der Waals surface area contributed by atoms with Gasteiger partial charge in [0, 0.05) is 24.7 Å². The Labute approximate surface area is 108 Å². The van der Waals surface area contributed by atoms with Crippen LogP contribution in [0.25, 0.3) is 0 Å². The third-order valence-corrected chi connectivity index (χ3v) is 3.34. The highest BCUT2D eigenvalue weighted by Gasteiger charge is 2.16. The summed E-state index contributed by atoms with van der Waals surface area (Å²) in [6.07, 6.45) is 0. The van der Waals surface area contributed by atoms with Crippen LogP contribution in [0.3, 0.4) is 0 Å². The predicted molar refractivity (Wildman–Crippen MR) is 69.1 cm³/mol. The van der Waals surface area contributed by atoms with E-state index < -0.39 is 0 Å². The summed E-state index contributed by atoms with van der Waals surface area (Å²) < 4.78 is 12.8. The molecule has 0 saturated heterocycles. The first-order valence-corrected chi connectivity index (χ1v) is 6.18. The second-order valence-corrected chi connectivity index (χ2v) is 4.61. The van der Waals surface area contributed by atoms with Crippen molar-refractivity contribution in [1.29, 1.82) is 0 Å². The number of rotatable bonds is 3. The maximum absolute atomic E-state index is 12.8. The van der Waals surface area contributed by atoms with Gasteiger partial charge in [0.05, 0.1) is 0 Å². The van der Waals surface area contributed by atoms with Gasteiger partial charge in [-0.3, -0.25) is 4.79 Å². The van der Waals surface area contributed by atoms with E-state index in [0.717, 1.165) is 0 Å². The van der Waals surface area contributed by atoms with Crippen molar-refractivity contribution in [1.82, 2.24) is 4.98 Å². The highest BCUT2D eigenvalue weighted by atomic mass is 32.1. The number of hydrogen-bond acceptors (Lipinski definition) is 4. The third-order valence-electron chi connectivity index (χ3n) is 2.46. The van der Waals surface area contributed by atoms with Crippen molar-refractivity contribution in [2.45, 2.75) is 6.54 Å². The summed E-state index contributed by atoms with van der Waals surface area (Å²) in [6.45, 7) is 0.318. The van der Waals surface area contributed by atoms with Gasteiger partial charge in [0.2, 0.25) is 0 Å². The molecule has 6 heteroatoms. The standard InChI is InChI=1S/C12H12FN3OS/c1-16(9-4-2-8(13)3-5-9)12(17)10-7-18-11(6-14)15-10/h2-5,7H,6,14H2,1H3. The minimum Gasteiger partial charge on any atom is -0.325 e. The molecule has 2 aromatic rings. The predicted octanol–water partition coefficient (Wildman–Crippen LogP) is 2.02. The second-order valence-electron chi connectivity index (χ2n) is 3.67. The second kappa shape index (κ2) is 5.24. The lowest BCUT2D eigenvalue weighted by molar-refractivity contribution is 0.0988. The Bertz CT molecular complexity index is 553. The average Bonchev–Trinajstić information content (AvgIpc) is 2.86.